The molecule has 3 heteroatoms. The maximum atomic E-state index is 11.8. The molecule has 2 rings (SSSR count). The number of carbonyl (C=O) groups is 1. The lowest BCUT2D eigenvalue weighted by Crippen LogP contribution is -2.18. The van der Waals surface area contributed by atoms with Crippen LogP contribution in [-0.4, -0.2) is 11.8 Å². The van der Waals surface area contributed by atoms with Gasteiger partial charge in [-0.15, -0.1) is 11.3 Å². The zero-order valence-corrected chi connectivity index (χ0v) is 7.96. The molecule has 0 radical (unpaired) electrons. The fourth-order valence-corrected chi connectivity index (χ4v) is 2.25. The molecule has 13 heavy (non-hydrogen) atoms. The van der Waals surface area contributed by atoms with Crippen LogP contribution in [0.15, 0.2) is 29.7 Å². The Bertz CT molecular complexity index is 329. The SMILES string of the molecule is NC1C=CC(C(=O)c2cccs2)C1. The number of nitrogens with two attached hydrogens (primary N) is 1. The van der Waals surface area contributed by atoms with Crippen molar-refractivity contribution in [2.45, 2.75) is 12.5 Å². The van der Waals surface area contributed by atoms with Crippen LogP contribution < -0.4 is 5.73 Å². The molecule has 1 aliphatic carbocycles. The Hall–Kier alpha value is -0.930. The highest BCUT2D eigenvalue weighted by molar-refractivity contribution is 7.12. The van der Waals surface area contributed by atoms with E-state index in [0.717, 1.165) is 11.3 Å². The van der Waals surface area contributed by atoms with Gasteiger partial charge in [-0.3, -0.25) is 4.79 Å². The third kappa shape index (κ3) is 1.71. The minimum absolute atomic E-state index is 0.00801. The van der Waals surface area contributed by atoms with Crippen LogP contribution in [0.25, 0.3) is 0 Å². The maximum absolute atomic E-state index is 11.8. The van der Waals surface area contributed by atoms with Gasteiger partial charge < -0.3 is 5.73 Å². The highest BCUT2D eigenvalue weighted by atomic mass is 32.1. The molecule has 0 bridgehead atoms. The molecule has 2 N–H and O–H groups in total. The summed E-state index contributed by atoms with van der Waals surface area (Å²) in [6.45, 7) is 0. The van der Waals surface area contributed by atoms with Gasteiger partial charge in [0.15, 0.2) is 5.78 Å². The summed E-state index contributed by atoms with van der Waals surface area (Å²) in [6, 6.07) is 3.83. The van der Waals surface area contributed by atoms with E-state index >= 15 is 0 Å². The largest absolute Gasteiger partial charge is 0.324 e. The van der Waals surface area contributed by atoms with E-state index in [0.29, 0.717) is 0 Å². The number of hydrogen-bond donors (Lipinski definition) is 1. The second-order valence-electron chi connectivity index (χ2n) is 3.23. The van der Waals surface area contributed by atoms with Crippen molar-refractivity contribution < 1.29 is 4.79 Å². The topological polar surface area (TPSA) is 43.1 Å². The lowest BCUT2D eigenvalue weighted by molar-refractivity contribution is 0.0947. The van der Waals surface area contributed by atoms with Gasteiger partial charge in [0, 0.05) is 12.0 Å². The predicted octanol–water partition coefficient (Wildman–Crippen LogP) is 1.83. The van der Waals surface area contributed by atoms with Crippen LogP contribution in [0.4, 0.5) is 0 Å². The summed E-state index contributed by atoms with van der Waals surface area (Å²) in [5.41, 5.74) is 5.68. The van der Waals surface area contributed by atoms with Crippen LogP contribution in [0.1, 0.15) is 16.1 Å². The molecule has 0 aromatic carbocycles. The normalized spacial score (nSPS) is 26.5. The summed E-state index contributed by atoms with van der Waals surface area (Å²) >= 11 is 1.49. The molecular formula is C10H11NOS. The van der Waals surface area contributed by atoms with E-state index in [2.05, 4.69) is 0 Å². The van der Waals surface area contributed by atoms with Gasteiger partial charge in [-0.25, -0.2) is 0 Å². The van der Waals surface area contributed by atoms with Crippen molar-refractivity contribution in [2.75, 3.05) is 0 Å². The second-order valence-corrected chi connectivity index (χ2v) is 4.18. The zero-order chi connectivity index (χ0) is 9.26. The first kappa shape index (κ1) is 8.66. The predicted molar refractivity (Wildman–Crippen MR) is 53.9 cm³/mol. The number of allylic oxidation sites excluding steroid dienone is 1. The van der Waals surface area contributed by atoms with Gasteiger partial charge >= 0.3 is 0 Å². The molecular weight excluding hydrogens is 182 g/mol. The average molecular weight is 193 g/mol. The van der Waals surface area contributed by atoms with Crippen molar-refractivity contribution in [2.24, 2.45) is 11.7 Å². The number of rotatable bonds is 2. The summed E-state index contributed by atoms with van der Waals surface area (Å²) in [5.74, 6) is 0.216. The molecule has 2 unspecified atom stereocenters. The third-order valence-corrected chi connectivity index (χ3v) is 3.10. The van der Waals surface area contributed by atoms with E-state index in [1.54, 1.807) is 0 Å². The first-order chi connectivity index (χ1) is 6.27. The fraction of sp³-hybridized carbons (Fsp3) is 0.300. The number of Topliss-reactive ketones (excluding diaryl/α,β-unsaturated/α-hetero) is 1. The molecule has 0 amide bonds. The van der Waals surface area contributed by atoms with Crippen molar-refractivity contribution in [1.82, 2.24) is 0 Å². The number of carbonyl (C=O) groups excluding carboxylic acids is 1. The summed E-state index contributed by atoms with van der Waals surface area (Å²) in [5, 5.41) is 1.92. The smallest absolute Gasteiger partial charge is 0.179 e. The van der Waals surface area contributed by atoms with Crippen molar-refractivity contribution in [1.29, 1.82) is 0 Å². The molecule has 1 aliphatic rings. The maximum Gasteiger partial charge on any atom is 0.179 e. The van der Waals surface area contributed by atoms with E-state index in [4.69, 9.17) is 5.73 Å². The zero-order valence-electron chi connectivity index (χ0n) is 7.14. The molecule has 1 aromatic rings. The van der Waals surface area contributed by atoms with Gasteiger partial charge in [0.2, 0.25) is 0 Å². The molecule has 0 fully saturated rings. The quantitative estimate of drug-likeness (QED) is 0.575. The standard InChI is InChI=1S/C10H11NOS/c11-8-4-3-7(6-8)10(12)9-2-1-5-13-9/h1-5,7-8H,6,11H2. The van der Waals surface area contributed by atoms with E-state index < -0.39 is 0 Å². The van der Waals surface area contributed by atoms with E-state index in [1.807, 2.05) is 29.7 Å². The van der Waals surface area contributed by atoms with Crippen LogP contribution in [0.2, 0.25) is 0 Å². The number of thiophene rings is 1. The third-order valence-electron chi connectivity index (χ3n) is 2.22. The van der Waals surface area contributed by atoms with Crippen molar-refractivity contribution in [3.8, 4) is 0 Å². The molecule has 1 aromatic heterocycles. The Morgan fingerprint density at radius 1 is 1.54 bits per heavy atom. The van der Waals surface area contributed by atoms with Crippen LogP contribution in [-0.2, 0) is 0 Å². The van der Waals surface area contributed by atoms with Crippen molar-refractivity contribution in [3.05, 3.63) is 34.5 Å². The second kappa shape index (κ2) is 3.44. The summed E-state index contributed by atoms with van der Waals surface area (Å²) in [6.07, 6.45) is 4.60. The van der Waals surface area contributed by atoms with Gasteiger partial charge in [0.05, 0.1) is 4.88 Å². The monoisotopic (exact) mass is 193 g/mol. The highest BCUT2D eigenvalue weighted by Gasteiger charge is 2.23. The first-order valence-electron chi connectivity index (χ1n) is 4.29. The van der Waals surface area contributed by atoms with E-state index in [1.165, 1.54) is 11.3 Å². The summed E-state index contributed by atoms with van der Waals surface area (Å²) in [7, 11) is 0. The van der Waals surface area contributed by atoms with Crippen molar-refractivity contribution in [3.63, 3.8) is 0 Å². The van der Waals surface area contributed by atoms with Crippen LogP contribution >= 0.6 is 11.3 Å². The van der Waals surface area contributed by atoms with Gasteiger partial charge in [0.1, 0.15) is 0 Å². The van der Waals surface area contributed by atoms with E-state index in [9.17, 15) is 4.79 Å². The Balaban J connectivity index is 2.11. The molecule has 0 spiro atoms. The van der Waals surface area contributed by atoms with Gasteiger partial charge in [-0.05, 0) is 17.9 Å². The first-order valence-corrected chi connectivity index (χ1v) is 5.17. The molecule has 1 heterocycles. The van der Waals surface area contributed by atoms with Crippen LogP contribution in [0.3, 0.4) is 0 Å². The lowest BCUT2D eigenvalue weighted by Gasteiger charge is -2.05. The summed E-state index contributed by atoms with van der Waals surface area (Å²) in [4.78, 5) is 12.6. The Labute approximate surface area is 81.1 Å². The molecule has 68 valence electrons. The Morgan fingerprint density at radius 3 is 2.92 bits per heavy atom. The highest BCUT2D eigenvalue weighted by Crippen LogP contribution is 2.23. The van der Waals surface area contributed by atoms with Gasteiger partial charge in [-0.1, -0.05) is 18.2 Å². The molecule has 0 aliphatic heterocycles. The number of ketones is 1. The summed E-state index contributed by atoms with van der Waals surface area (Å²) < 4.78 is 0. The van der Waals surface area contributed by atoms with Crippen LogP contribution in [0.5, 0.6) is 0 Å². The van der Waals surface area contributed by atoms with Gasteiger partial charge in [-0.2, -0.15) is 0 Å². The average Bonchev–Trinajstić information content (AvgIpc) is 2.72. The fourth-order valence-electron chi connectivity index (χ4n) is 1.52. The lowest BCUT2D eigenvalue weighted by atomic mass is 10.0. The molecule has 0 saturated heterocycles. The van der Waals surface area contributed by atoms with E-state index in [-0.39, 0.29) is 17.7 Å². The number of hydrogen-bond acceptors (Lipinski definition) is 3. The minimum Gasteiger partial charge on any atom is -0.324 e. The molecule has 2 atom stereocenters. The van der Waals surface area contributed by atoms with Gasteiger partial charge in [0.25, 0.3) is 0 Å². The molecule has 2 nitrogen and oxygen atoms in total. The van der Waals surface area contributed by atoms with Crippen LogP contribution in [0, 0.1) is 5.92 Å². The Morgan fingerprint density at radius 2 is 2.38 bits per heavy atom. The minimum atomic E-state index is 0.00801. The Kier molecular flexibility index (Phi) is 2.29. The molecule has 0 saturated carbocycles. The van der Waals surface area contributed by atoms with Crippen molar-refractivity contribution >= 4 is 17.1 Å².